The fourth-order valence-corrected chi connectivity index (χ4v) is 3.00. The van der Waals surface area contributed by atoms with E-state index in [9.17, 15) is 9.59 Å². The molecule has 1 heterocycles. The van der Waals surface area contributed by atoms with E-state index in [0.29, 0.717) is 16.4 Å². The van der Waals surface area contributed by atoms with Gasteiger partial charge >= 0.3 is 5.97 Å². The molecule has 0 fully saturated rings. The molecule has 0 radical (unpaired) electrons. The zero-order valence-electron chi connectivity index (χ0n) is 14.5. The van der Waals surface area contributed by atoms with E-state index >= 15 is 0 Å². The normalized spacial score (nSPS) is 10.3. The number of nitrogens with one attached hydrogen (secondary N) is 1. The highest BCUT2D eigenvalue weighted by Gasteiger charge is 2.12. The molecule has 0 spiro atoms. The summed E-state index contributed by atoms with van der Waals surface area (Å²) in [6, 6.07) is 13.8. The van der Waals surface area contributed by atoms with Crippen LogP contribution in [0.4, 0.5) is 10.8 Å². The van der Waals surface area contributed by atoms with Gasteiger partial charge in [0.05, 0.1) is 18.4 Å². The molecule has 3 N–H and O–H groups in total. The SMILES string of the molecule is COc1ccc(-c2csc(NC(=O)COC(=O)c3cccc(N)c3)n2)cc1. The van der Waals surface area contributed by atoms with Crippen LogP contribution >= 0.6 is 11.3 Å². The first kappa shape index (κ1) is 18.4. The van der Waals surface area contributed by atoms with Crippen molar-refractivity contribution in [3.63, 3.8) is 0 Å². The minimum atomic E-state index is -0.615. The van der Waals surface area contributed by atoms with Crippen LogP contribution in [0.1, 0.15) is 10.4 Å². The molecule has 7 nitrogen and oxygen atoms in total. The van der Waals surface area contributed by atoms with Gasteiger partial charge in [0.1, 0.15) is 5.75 Å². The van der Waals surface area contributed by atoms with Crippen LogP contribution in [0.5, 0.6) is 5.75 Å². The number of methoxy groups -OCH3 is 1. The van der Waals surface area contributed by atoms with E-state index in [-0.39, 0.29) is 0 Å². The number of nitrogens with two attached hydrogens (primary N) is 1. The Balaban J connectivity index is 1.55. The molecule has 0 unspecified atom stereocenters. The van der Waals surface area contributed by atoms with Gasteiger partial charge < -0.3 is 15.2 Å². The molecule has 0 saturated heterocycles. The number of nitrogens with zero attached hydrogens (tertiary/aromatic N) is 1. The first-order valence-electron chi connectivity index (χ1n) is 7.97. The predicted octanol–water partition coefficient (Wildman–Crippen LogP) is 3.20. The Hall–Kier alpha value is -3.39. The van der Waals surface area contributed by atoms with Crippen molar-refractivity contribution in [1.29, 1.82) is 0 Å². The Morgan fingerprint density at radius 3 is 2.67 bits per heavy atom. The first-order valence-corrected chi connectivity index (χ1v) is 8.85. The summed E-state index contributed by atoms with van der Waals surface area (Å²) in [4.78, 5) is 28.3. The first-order chi connectivity index (χ1) is 13.0. The van der Waals surface area contributed by atoms with Crippen molar-refractivity contribution >= 4 is 34.0 Å². The van der Waals surface area contributed by atoms with E-state index in [1.54, 1.807) is 25.3 Å². The average molecular weight is 383 g/mol. The number of nitrogen functional groups attached to an aromatic ring is 1. The third-order valence-corrected chi connectivity index (χ3v) is 4.35. The predicted molar refractivity (Wildman–Crippen MR) is 104 cm³/mol. The Morgan fingerprint density at radius 2 is 1.96 bits per heavy atom. The zero-order valence-corrected chi connectivity index (χ0v) is 15.3. The quantitative estimate of drug-likeness (QED) is 0.500. The van der Waals surface area contributed by atoms with Crippen molar-refractivity contribution < 1.29 is 19.1 Å². The number of thiazole rings is 1. The Labute approximate surface area is 159 Å². The van der Waals surface area contributed by atoms with Crippen LogP contribution in [0.3, 0.4) is 0 Å². The summed E-state index contributed by atoms with van der Waals surface area (Å²) in [6.45, 7) is -0.412. The van der Waals surface area contributed by atoms with E-state index in [1.165, 1.54) is 17.4 Å². The average Bonchev–Trinajstić information content (AvgIpc) is 3.14. The number of ether oxygens (including phenoxy) is 2. The van der Waals surface area contributed by atoms with E-state index in [4.69, 9.17) is 15.2 Å². The maximum atomic E-state index is 12.0. The molecule has 27 heavy (non-hydrogen) atoms. The molecule has 3 aromatic rings. The molecule has 0 aliphatic heterocycles. The third-order valence-electron chi connectivity index (χ3n) is 3.59. The number of rotatable bonds is 6. The molecule has 1 amide bonds. The highest BCUT2D eigenvalue weighted by atomic mass is 32.1. The maximum Gasteiger partial charge on any atom is 0.338 e. The van der Waals surface area contributed by atoms with Crippen LogP contribution in [0.15, 0.2) is 53.9 Å². The second kappa shape index (κ2) is 8.33. The third kappa shape index (κ3) is 4.83. The van der Waals surface area contributed by atoms with Crippen LogP contribution in [0.25, 0.3) is 11.3 Å². The summed E-state index contributed by atoms with van der Waals surface area (Å²) in [5, 5.41) is 4.87. The minimum Gasteiger partial charge on any atom is -0.497 e. The van der Waals surface area contributed by atoms with E-state index in [0.717, 1.165) is 17.0 Å². The van der Waals surface area contributed by atoms with Crippen molar-refractivity contribution in [2.24, 2.45) is 0 Å². The number of aromatic nitrogens is 1. The molecule has 0 saturated carbocycles. The number of benzene rings is 2. The van der Waals surface area contributed by atoms with Gasteiger partial charge in [-0.25, -0.2) is 9.78 Å². The molecule has 3 rings (SSSR count). The number of esters is 1. The fraction of sp³-hybridized carbons (Fsp3) is 0.105. The van der Waals surface area contributed by atoms with Crippen molar-refractivity contribution in [3.8, 4) is 17.0 Å². The van der Waals surface area contributed by atoms with Crippen molar-refractivity contribution in [2.45, 2.75) is 0 Å². The van der Waals surface area contributed by atoms with Crippen LogP contribution in [0.2, 0.25) is 0 Å². The van der Waals surface area contributed by atoms with E-state index in [1.807, 2.05) is 29.6 Å². The van der Waals surface area contributed by atoms with Gasteiger partial charge in [-0.15, -0.1) is 11.3 Å². The summed E-state index contributed by atoms with van der Waals surface area (Å²) < 4.78 is 10.1. The Bertz CT molecular complexity index is 954. The monoisotopic (exact) mass is 383 g/mol. The van der Waals surface area contributed by atoms with Crippen molar-refractivity contribution in [1.82, 2.24) is 4.98 Å². The molecule has 0 atom stereocenters. The van der Waals surface area contributed by atoms with Gasteiger partial charge in [0, 0.05) is 16.6 Å². The van der Waals surface area contributed by atoms with Crippen molar-refractivity contribution in [3.05, 3.63) is 59.5 Å². The maximum absolute atomic E-state index is 12.0. The molecular formula is C19H17N3O4S. The molecule has 0 aliphatic rings. The lowest BCUT2D eigenvalue weighted by Crippen LogP contribution is -2.20. The molecular weight excluding hydrogens is 366 g/mol. The van der Waals surface area contributed by atoms with E-state index < -0.39 is 18.5 Å². The van der Waals surface area contributed by atoms with Crippen molar-refractivity contribution in [2.75, 3.05) is 24.8 Å². The topological polar surface area (TPSA) is 104 Å². The minimum absolute atomic E-state index is 0.291. The number of anilines is 2. The van der Waals surface area contributed by atoms with Crippen LogP contribution in [-0.2, 0) is 9.53 Å². The second-order valence-electron chi connectivity index (χ2n) is 5.52. The summed E-state index contributed by atoms with van der Waals surface area (Å²) >= 11 is 1.28. The standard InChI is InChI=1S/C19H17N3O4S/c1-25-15-7-5-12(6-8-15)16-11-27-19(21-16)22-17(23)10-26-18(24)13-3-2-4-14(20)9-13/h2-9,11H,10,20H2,1H3,(H,21,22,23). The fourth-order valence-electron chi connectivity index (χ4n) is 2.26. The van der Waals surface area contributed by atoms with Gasteiger partial charge in [0.25, 0.3) is 5.91 Å². The summed E-state index contributed by atoms with van der Waals surface area (Å²) in [5.41, 5.74) is 7.99. The lowest BCUT2D eigenvalue weighted by molar-refractivity contribution is -0.119. The van der Waals surface area contributed by atoms with Crippen LogP contribution < -0.4 is 15.8 Å². The van der Waals surface area contributed by atoms with Gasteiger partial charge in [0.2, 0.25) is 0 Å². The highest BCUT2D eigenvalue weighted by Crippen LogP contribution is 2.26. The summed E-state index contributed by atoms with van der Waals surface area (Å²) in [5.74, 6) is -0.331. The highest BCUT2D eigenvalue weighted by molar-refractivity contribution is 7.14. The lowest BCUT2D eigenvalue weighted by Gasteiger charge is -2.05. The molecule has 138 valence electrons. The molecule has 1 aromatic heterocycles. The summed E-state index contributed by atoms with van der Waals surface area (Å²) in [6.07, 6.45) is 0. The number of carbonyl (C=O) groups excluding carboxylic acids is 2. The number of carbonyl (C=O) groups is 2. The molecule has 0 bridgehead atoms. The second-order valence-corrected chi connectivity index (χ2v) is 6.37. The number of amides is 1. The largest absolute Gasteiger partial charge is 0.497 e. The van der Waals surface area contributed by atoms with Gasteiger partial charge in [-0.05, 0) is 42.5 Å². The van der Waals surface area contributed by atoms with Gasteiger partial charge in [0.15, 0.2) is 11.7 Å². The Morgan fingerprint density at radius 1 is 1.19 bits per heavy atom. The Kier molecular flexibility index (Phi) is 5.68. The zero-order chi connectivity index (χ0) is 19.2. The van der Waals surface area contributed by atoms with E-state index in [2.05, 4.69) is 10.3 Å². The summed E-state index contributed by atoms with van der Waals surface area (Å²) in [7, 11) is 1.60. The molecule has 8 heteroatoms. The van der Waals surface area contributed by atoms with Gasteiger partial charge in [-0.1, -0.05) is 6.07 Å². The number of hydrogen-bond acceptors (Lipinski definition) is 7. The lowest BCUT2D eigenvalue weighted by atomic mass is 10.2. The molecule has 0 aliphatic carbocycles. The molecule has 2 aromatic carbocycles. The van der Waals surface area contributed by atoms with Gasteiger partial charge in [-0.2, -0.15) is 0 Å². The van der Waals surface area contributed by atoms with Crippen LogP contribution in [0, 0.1) is 0 Å². The van der Waals surface area contributed by atoms with Gasteiger partial charge in [-0.3, -0.25) is 10.1 Å². The number of hydrogen-bond donors (Lipinski definition) is 2. The van der Waals surface area contributed by atoms with Crippen LogP contribution in [-0.4, -0.2) is 30.6 Å². The smallest absolute Gasteiger partial charge is 0.338 e.